The van der Waals surface area contributed by atoms with Gasteiger partial charge in [-0.1, -0.05) is 61.5 Å². The zero-order valence-corrected chi connectivity index (χ0v) is 10.5. The van der Waals surface area contributed by atoms with E-state index in [1.165, 1.54) is 11.1 Å². The number of primary amides is 1. The van der Waals surface area contributed by atoms with E-state index in [1.807, 2.05) is 37.3 Å². The van der Waals surface area contributed by atoms with Gasteiger partial charge in [-0.05, 0) is 23.1 Å². The van der Waals surface area contributed by atoms with E-state index < -0.39 is 0 Å². The SMILES string of the molecule is CC(Cc1ccccc1-c1ccccc1)C(N)=O. The van der Waals surface area contributed by atoms with Gasteiger partial charge in [-0.15, -0.1) is 0 Å². The van der Waals surface area contributed by atoms with Crippen molar-refractivity contribution >= 4 is 5.91 Å². The third-order valence-electron chi connectivity index (χ3n) is 3.11. The van der Waals surface area contributed by atoms with Gasteiger partial charge in [0.05, 0.1) is 0 Å². The van der Waals surface area contributed by atoms with Crippen molar-refractivity contribution in [1.29, 1.82) is 0 Å². The lowest BCUT2D eigenvalue weighted by Gasteiger charge is -2.12. The van der Waals surface area contributed by atoms with Crippen LogP contribution in [0.15, 0.2) is 54.6 Å². The van der Waals surface area contributed by atoms with Gasteiger partial charge >= 0.3 is 0 Å². The van der Waals surface area contributed by atoms with Crippen molar-refractivity contribution in [3.05, 3.63) is 60.2 Å². The molecule has 0 heterocycles. The maximum atomic E-state index is 11.2. The van der Waals surface area contributed by atoms with Crippen LogP contribution in [0.4, 0.5) is 0 Å². The molecule has 0 aliphatic heterocycles. The summed E-state index contributed by atoms with van der Waals surface area (Å²) in [5.74, 6) is -0.396. The summed E-state index contributed by atoms with van der Waals surface area (Å²) in [4.78, 5) is 11.2. The quantitative estimate of drug-likeness (QED) is 0.875. The molecule has 2 rings (SSSR count). The number of carbonyl (C=O) groups is 1. The third-order valence-corrected chi connectivity index (χ3v) is 3.11. The lowest BCUT2D eigenvalue weighted by molar-refractivity contribution is -0.121. The molecule has 92 valence electrons. The first-order valence-corrected chi connectivity index (χ1v) is 6.11. The Hall–Kier alpha value is -2.09. The molecule has 18 heavy (non-hydrogen) atoms. The first kappa shape index (κ1) is 12.4. The molecule has 0 aromatic heterocycles. The number of amides is 1. The average molecular weight is 239 g/mol. The summed E-state index contributed by atoms with van der Waals surface area (Å²) in [6, 6.07) is 18.3. The summed E-state index contributed by atoms with van der Waals surface area (Å²) < 4.78 is 0. The van der Waals surface area contributed by atoms with Gasteiger partial charge in [0.2, 0.25) is 5.91 Å². The molecule has 0 radical (unpaired) electrons. The summed E-state index contributed by atoms with van der Waals surface area (Å²) in [6.07, 6.45) is 0.681. The van der Waals surface area contributed by atoms with Crippen molar-refractivity contribution in [3.63, 3.8) is 0 Å². The van der Waals surface area contributed by atoms with E-state index >= 15 is 0 Å². The van der Waals surface area contributed by atoms with Gasteiger partial charge in [0.25, 0.3) is 0 Å². The van der Waals surface area contributed by atoms with E-state index in [4.69, 9.17) is 5.73 Å². The predicted molar refractivity (Wildman–Crippen MR) is 73.9 cm³/mol. The van der Waals surface area contributed by atoms with Gasteiger partial charge in [0, 0.05) is 5.92 Å². The van der Waals surface area contributed by atoms with Crippen molar-refractivity contribution in [2.75, 3.05) is 0 Å². The van der Waals surface area contributed by atoms with Crippen molar-refractivity contribution < 1.29 is 4.79 Å². The van der Waals surface area contributed by atoms with Gasteiger partial charge in [-0.3, -0.25) is 4.79 Å². The van der Waals surface area contributed by atoms with Gasteiger partial charge in [-0.25, -0.2) is 0 Å². The summed E-state index contributed by atoms with van der Waals surface area (Å²) in [7, 11) is 0. The number of nitrogens with two attached hydrogens (primary N) is 1. The van der Waals surface area contributed by atoms with Crippen LogP contribution < -0.4 is 5.73 Å². The van der Waals surface area contributed by atoms with Crippen LogP contribution in [0.3, 0.4) is 0 Å². The largest absolute Gasteiger partial charge is 0.369 e. The fourth-order valence-corrected chi connectivity index (χ4v) is 2.03. The smallest absolute Gasteiger partial charge is 0.220 e. The zero-order chi connectivity index (χ0) is 13.0. The normalized spacial score (nSPS) is 12.1. The van der Waals surface area contributed by atoms with Crippen molar-refractivity contribution in [3.8, 4) is 11.1 Å². The second-order valence-electron chi connectivity index (χ2n) is 4.53. The minimum atomic E-state index is -0.252. The fraction of sp³-hybridized carbons (Fsp3) is 0.188. The molecule has 0 saturated heterocycles. The fourth-order valence-electron chi connectivity index (χ4n) is 2.03. The van der Waals surface area contributed by atoms with Crippen LogP contribution in [-0.2, 0) is 11.2 Å². The van der Waals surface area contributed by atoms with Gasteiger partial charge < -0.3 is 5.73 Å². The average Bonchev–Trinajstić information content (AvgIpc) is 2.40. The highest BCUT2D eigenvalue weighted by Gasteiger charge is 2.12. The van der Waals surface area contributed by atoms with Crippen molar-refractivity contribution in [1.82, 2.24) is 0 Å². The van der Waals surface area contributed by atoms with Crippen LogP contribution in [0.1, 0.15) is 12.5 Å². The molecule has 1 unspecified atom stereocenters. The van der Waals surface area contributed by atoms with E-state index in [0.717, 1.165) is 5.56 Å². The summed E-state index contributed by atoms with van der Waals surface area (Å²) in [5.41, 5.74) is 8.84. The first-order valence-electron chi connectivity index (χ1n) is 6.11. The lowest BCUT2D eigenvalue weighted by Crippen LogP contribution is -2.22. The second-order valence-corrected chi connectivity index (χ2v) is 4.53. The van der Waals surface area contributed by atoms with E-state index in [1.54, 1.807) is 0 Å². The van der Waals surface area contributed by atoms with Gasteiger partial charge in [0.1, 0.15) is 0 Å². The Labute approximate surface area is 107 Å². The maximum Gasteiger partial charge on any atom is 0.220 e. The maximum absolute atomic E-state index is 11.2. The number of benzene rings is 2. The summed E-state index contributed by atoms with van der Waals surface area (Å²) in [5, 5.41) is 0. The molecule has 0 fully saturated rings. The zero-order valence-electron chi connectivity index (χ0n) is 10.5. The summed E-state index contributed by atoms with van der Waals surface area (Å²) in [6.45, 7) is 1.87. The first-order chi connectivity index (χ1) is 8.68. The Morgan fingerprint density at radius 2 is 1.67 bits per heavy atom. The van der Waals surface area contributed by atoms with Crippen molar-refractivity contribution in [2.24, 2.45) is 11.7 Å². The van der Waals surface area contributed by atoms with Crippen LogP contribution in [0, 0.1) is 5.92 Å². The molecule has 2 heteroatoms. The molecule has 2 aromatic carbocycles. The molecular weight excluding hydrogens is 222 g/mol. The van der Waals surface area contributed by atoms with Gasteiger partial charge in [0.15, 0.2) is 0 Å². The molecule has 1 atom stereocenters. The topological polar surface area (TPSA) is 43.1 Å². The number of hydrogen-bond acceptors (Lipinski definition) is 1. The van der Waals surface area contributed by atoms with Crippen LogP contribution >= 0.6 is 0 Å². The van der Waals surface area contributed by atoms with E-state index in [2.05, 4.69) is 24.3 Å². The van der Waals surface area contributed by atoms with Crippen LogP contribution in [0.25, 0.3) is 11.1 Å². The lowest BCUT2D eigenvalue weighted by atomic mass is 9.93. The van der Waals surface area contributed by atoms with Crippen LogP contribution in [-0.4, -0.2) is 5.91 Å². The summed E-state index contributed by atoms with van der Waals surface area (Å²) >= 11 is 0. The molecule has 2 nitrogen and oxygen atoms in total. The third kappa shape index (κ3) is 2.77. The highest BCUT2D eigenvalue weighted by molar-refractivity contribution is 5.77. The Kier molecular flexibility index (Phi) is 3.78. The molecule has 0 aliphatic rings. The Morgan fingerprint density at radius 1 is 1.06 bits per heavy atom. The molecule has 0 saturated carbocycles. The number of rotatable bonds is 4. The predicted octanol–water partition coefficient (Wildman–Crippen LogP) is 3.02. The van der Waals surface area contributed by atoms with E-state index in [9.17, 15) is 4.79 Å². The Bertz CT molecular complexity index is 534. The molecule has 1 amide bonds. The highest BCUT2D eigenvalue weighted by Crippen LogP contribution is 2.25. The standard InChI is InChI=1S/C16H17NO/c1-12(16(17)18)11-14-9-5-6-10-15(14)13-7-3-2-4-8-13/h2-10,12H,11H2,1H3,(H2,17,18). The molecule has 0 bridgehead atoms. The molecule has 0 aliphatic carbocycles. The Morgan fingerprint density at radius 3 is 2.33 bits per heavy atom. The minimum absolute atomic E-state index is 0.144. The molecule has 0 spiro atoms. The highest BCUT2D eigenvalue weighted by atomic mass is 16.1. The van der Waals surface area contributed by atoms with Crippen LogP contribution in [0.2, 0.25) is 0 Å². The van der Waals surface area contributed by atoms with E-state index in [0.29, 0.717) is 6.42 Å². The monoisotopic (exact) mass is 239 g/mol. The number of carbonyl (C=O) groups excluding carboxylic acids is 1. The number of hydrogen-bond donors (Lipinski definition) is 1. The molecular formula is C16H17NO. The van der Waals surface area contributed by atoms with Crippen LogP contribution in [0.5, 0.6) is 0 Å². The Balaban J connectivity index is 2.35. The second kappa shape index (κ2) is 5.50. The molecule has 2 N–H and O–H groups in total. The molecule has 2 aromatic rings. The van der Waals surface area contributed by atoms with Gasteiger partial charge in [-0.2, -0.15) is 0 Å². The van der Waals surface area contributed by atoms with Crippen molar-refractivity contribution in [2.45, 2.75) is 13.3 Å². The van der Waals surface area contributed by atoms with E-state index in [-0.39, 0.29) is 11.8 Å². The minimum Gasteiger partial charge on any atom is -0.369 e.